The number of benzene rings is 1. The van der Waals surface area contributed by atoms with Gasteiger partial charge in [0.15, 0.2) is 0 Å². The number of hydrogen-bond acceptors (Lipinski definition) is 3. The third kappa shape index (κ3) is 3.28. The average molecular weight is 259 g/mol. The van der Waals surface area contributed by atoms with Crippen LogP contribution in [-0.2, 0) is 6.61 Å². The van der Waals surface area contributed by atoms with Crippen molar-refractivity contribution in [3.8, 4) is 5.75 Å². The third-order valence-electron chi connectivity index (χ3n) is 3.28. The van der Waals surface area contributed by atoms with Gasteiger partial charge in [-0.05, 0) is 50.1 Å². The molecule has 0 aliphatic heterocycles. The standard InChI is InChI=1S/C15H21N3O/c1-4-12(3)18-8-7-14(17-18)10-19-15-6-5-13(16)9-11(15)2/h5-9,12H,4,10,16H2,1-3H3. The SMILES string of the molecule is CCC(C)n1ccc(COc2ccc(N)cc2C)n1. The summed E-state index contributed by atoms with van der Waals surface area (Å²) < 4.78 is 7.75. The summed E-state index contributed by atoms with van der Waals surface area (Å²) >= 11 is 0. The van der Waals surface area contributed by atoms with Crippen molar-refractivity contribution in [2.24, 2.45) is 0 Å². The molecular formula is C15H21N3O. The highest BCUT2D eigenvalue weighted by atomic mass is 16.5. The highest BCUT2D eigenvalue weighted by molar-refractivity contribution is 5.47. The Morgan fingerprint density at radius 3 is 2.84 bits per heavy atom. The molecule has 0 fully saturated rings. The molecule has 0 bridgehead atoms. The van der Waals surface area contributed by atoms with E-state index in [-0.39, 0.29) is 0 Å². The number of anilines is 1. The predicted molar refractivity (Wildman–Crippen MR) is 77.2 cm³/mol. The van der Waals surface area contributed by atoms with Gasteiger partial charge in [-0.25, -0.2) is 0 Å². The second-order valence-electron chi connectivity index (χ2n) is 4.86. The summed E-state index contributed by atoms with van der Waals surface area (Å²) in [6.07, 6.45) is 3.07. The quantitative estimate of drug-likeness (QED) is 0.838. The van der Waals surface area contributed by atoms with Crippen molar-refractivity contribution in [3.63, 3.8) is 0 Å². The maximum atomic E-state index is 5.77. The average Bonchev–Trinajstić information content (AvgIpc) is 2.85. The molecule has 2 aromatic rings. The second kappa shape index (κ2) is 5.78. The summed E-state index contributed by atoms with van der Waals surface area (Å²) in [7, 11) is 0. The van der Waals surface area contributed by atoms with Gasteiger partial charge in [0.25, 0.3) is 0 Å². The first kappa shape index (κ1) is 13.5. The zero-order chi connectivity index (χ0) is 13.8. The van der Waals surface area contributed by atoms with E-state index >= 15 is 0 Å². The maximum Gasteiger partial charge on any atom is 0.132 e. The molecule has 1 heterocycles. The van der Waals surface area contributed by atoms with Gasteiger partial charge < -0.3 is 10.5 Å². The molecule has 0 aliphatic rings. The number of aromatic nitrogens is 2. The van der Waals surface area contributed by atoms with E-state index in [1.54, 1.807) is 0 Å². The minimum absolute atomic E-state index is 0.423. The Bertz CT molecular complexity index is 548. The molecule has 1 atom stereocenters. The lowest BCUT2D eigenvalue weighted by molar-refractivity contribution is 0.296. The van der Waals surface area contributed by atoms with Gasteiger partial charge in [0.2, 0.25) is 0 Å². The monoisotopic (exact) mass is 259 g/mol. The van der Waals surface area contributed by atoms with Crippen molar-refractivity contribution in [2.45, 2.75) is 39.8 Å². The van der Waals surface area contributed by atoms with Crippen molar-refractivity contribution >= 4 is 5.69 Å². The van der Waals surface area contributed by atoms with E-state index in [1.165, 1.54) is 0 Å². The van der Waals surface area contributed by atoms with Crippen LogP contribution in [0.2, 0.25) is 0 Å². The molecule has 0 aliphatic carbocycles. The smallest absolute Gasteiger partial charge is 0.132 e. The summed E-state index contributed by atoms with van der Waals surface area (Å²) in [4.78, 5) is 0. The zero-order valence-corrected chi connectivity index (χ0v) is 11.8. The van der Waals surface area contributed by atoms with E-state index in [0.29, 0.717) is 12.6 Å². The van der Waals surface area contributed by atoms with E-state index in [4.69, 9.17) is 10.5 Å². The second-order valence-corrected chi connectivity index (χ2v) is 4.86. The van der Waals surface area contributed by atoms with Crippen LogP contribution in [0.5, 0.6) is 5.75 Å². The van der Waals surface area contributed by atoms with Crippen molar-refractivity contribution in [2.75, 3.05) is 5.73 Å². The van der Waals surface area contributed by atoms with Gasteiger partial charge in [0.05, 0.1) is 5.69 Å². The highest BCUT2D eigenvalue weighted by Crippen LogP contribution is 2.21. The van der Waals surface area contributed by atoms with Crippen LogP contribution in [0.25, 0.3) is 0 Å². The molecule has 0 amide bonds. The van der Waals surface area contributed by atoms with Crippen LogP contribution in [0.1, 0.15) is 37.6 Å². The van der Waals surface area contributed by atoms with Crippen LogP contribution in [0.15, 0.2) is 30.5 Å². The van der Waals surface area contributed by atoms with Crippen molar-refractivity contribution in [1.29, 1.82) is 0 Å². The number of ether oxygens (including phenoxy) is 1. The van der Waals surface area contributed by atoms with Gasteiger partial charge in [0, 0.05) is 17.9 Å². The summed E-state index contributed by atoms with van der Waals surface area (Å²) in [5.74, 6) is 0.854. The van der Waals surface area contributed by atoms with Crippen molar-refractivity contribution < 1.29 is 4.74 Å². The minimum Gasteiger partial charge on any atom is -0.487 e. The fourth-order valence-corrected chi connectivity index (χ4v) is 1.87. The van der Waals surface area contributed by atoms with Crippen LogP contribution in [-0.4, -0.2) is 9.78 Å². The molecule has 0 saturated heterocycles. The maximum absolute atomic E-state index is 5.77. The fraction of sp³-hybridized carbons (Fsp3) is 0.400. The lowest BCUT2D eigenvalue weighted by Gasteiger charge is -2.09. The first-order valence-electron chi connectivity index (χ1n) is 6.63. The normalized spacial score (nSPS) is 12.4. The van der Waals surface area contributed by atoms with Gasteiger partial charge in [-0.15, -0.1) is 0 Å². The van der Waals surface area contributed by atoms with E-state index in [2.05, 4.69) is 18.9 Å². The number of hydrogen-bond donors (Lipinski definition) is 1. The van der Waals surface area contributed by atoms with Crippen LogP contribution in [0.3, 0.4) is 0 Å². The fourth-order valence-electron chi connectivity index (χ4n) is 1.87. The van der Waals surface area contributed by atoms with E-state index in [0.717, 1.165) is 29.1 Å². The van der Waals surface area contributed by atoms with E-state index < -0.39 is 0 Å². The lowest BCUT2D eigenvalue weighted by Crippen LogP contribution is -2.06. The highest BCUT2D eigenvalue weighted by Gasteiger charge is 2.06. The first-order chi connectivity index (χ1) is 9.10. The first-order valence-corrected chi connectivity index (χ1v) is 6.63. The summed E-state index contributed by atoms with van der Waals surface area (Å²) in [5, 5.41) is 4.51. The number of nitrogens with two attached hydrogens (primary N) is 1. The molecule has 1 unspecified atom stereocenters. The van der Waals surface area contributed by atoms with Gasteiger partial charge >= 0.3 is 0 Å². The van der Waals surface area contributed by atoms with Gasteiger partial charge in [0.1, 0.15) is 12.4 Å². The largest absolute Gasteiger partial charge is 0.487 e. The molecule has 2 rings (SSSR count). The lowest BCUT2D eigenvalue weighted by atomic mass is 10.2. The number of nitrogen functional groups attached to an aromatic ring is 1. The molecule has 1 aromatic heterocycles. The number of rotatable bonds is 5. The molecular weight excluding hydrogens is 238 g/mol. The Hall–Kier alpha value is -1.97. The third-order valence-corrected chi connectivity index (χ3v) is 3.28. The molecule has 4 heteroatoms. The summed E-state index contributed by atoms with van der Waals surface area (Å²) in [5.41, 5.74) is 8.46. The number of aryl methyl sites for hydroxylation is 1. The summed E-state index contributed by atoms with van der Waals surface area (Å²) in [6.45, 7) is 6.78. The Kier molecular flexibility index (Phi) is 4.10. The molecule has 19 heavy (non-hydrogen) atoms. The van der Waals surface area contributed by atoms with Crippen LogP contribution in [0, 0.1) is 6.92 Å². The molecule has 2 N–H and O–H groups in total. The van der Waals surface area contributed by atoms with Gasteiger partial charge in [-0.2, -0.15) is 5.10 Å². The molecule has 0 radical (unpaired) electrons. The zero-order valence-electron chi connectivity index (χ0n) is 11.8. The topological polar surface area (TPSA) is 53.1 Å². The summed E-state index contributed by atoms with van der Waals surface area (Å²) in [6, 6.07) is 8.08. The Morgan fingerprint density at radius 2 is 2.16 bits per heavy atom. The predicted octanol–water partition coefficient (Wildman–Crippen LogP) is 3.32. The number of nitrogens with zero attached hydrogens (tertiary/aromatic N) is 2. The molecule has 102 valence electrons. The minimum atomic E-state index is 0.423. The van der Waals surface area contributed by atoms with Crippen molar-refractivity contribution in [1.82, 2.24) is 9.78 Å². The van der Waals surface area contributed by atoms with Crippen LogP contribution >= 0.6 is 0 Å². The van der Waals surface area contributed by atoms with Gasteiger partial charge in [-0.3, -0.25) is 4.68 Å². The Balaban J connectivity index is 2.00. The van der Waals surface area contributed by atoms with E-state index in [1.807, 2.05) is 42.1 Å². The molecule has 0 spiro atoms. The molecule has 0 saturated carbocycles. The Morgan fingerprint density at radius 1 is 1.37 bits per heavy atom. The van der Waals surface area contributed by atoms with Gasteiger partial charge in [-0.1, -0.05) is 6.92 Å². The molecule has 1 aromatic carbocycles. The molecule has 4 nitrogen and oxygen atoms in total. The van der Waals surface area contributed by atoms with E-state index in [9.17, 15) is 0 Å². The van der Waals surface area contributed by atoms with Crippen LogP contribution < -0.4 is 10.5 Å². The van der Waals surface area contributed by atoms with Crippen molar-refractivity contribution in [3.05, 3.63) is 41.7 Å². The van der Waals surface area contributed by atoms with Crippen LogP contribution in [0.4, 0.5) is 5.69 Å². The Labute approximate surface area is 114 Å².